The molecular weight excluding hydrogens is 271 g/mol. The molecule has 0 atom stereocenters. The maximum atomic E-state index is 9.03. The zero-order chi connectivity index (χ0) is 13.1. The second-order valence-electron chi connectivity index (χ2n) is 3.95. The maximum absolute atomic E-state index is 9.03. The SMILES string of the molecule is Cc1ccc(Cl)c(Oc2ccc(CO)c(Cl)c2)c1. The van der Waals surface area contributed by atoms with Crippen LogP contribution in [-0.4, -0.2) is 5.11 Å². The van der Waals surface area contributed by atoms with Crippen LogP contribution in [0.25, 0.3) is 0 Å². The molecule has 0 amide bonds. The zero-order valence-corrected chi connectivity index (χ0v) is 11.3. The number of aryl methyl sites for hydroxylation is 1. The van der Waals surface area contributed by atoms with Crippen molar-refractivity contribution < 1.29 is 9.84 Å². The molecule has 94 valence electrons. The van der Waals surface area contributed by atoms with Crippen molar-refractivity contribution in [1.82, 2.24) is 0 Å². The van der Waals surface area contributed by atoms with Crippen molar-refractivity contribution in [3.63, 3.8) is 0 Å². The topological polar surface area (TPSA) is 29.5 Å². The van der Waals surface area contributed by atoms with Crippen molar-refractivity contribution in [1.29, 1.82) is 0 Å². The highest BCUT2D eigenvalue weighted by molar-refractivity contribution is 6.32. The lowest BCUT2D eigenvalue weighted by atomic mass is 10.2. The maximum Gasteiger partial charge on any atom is 0.146 e. The van der Waals surface area contributed by atoms with Gasteiger partial charge in [0.2, 0.25) is 0 Å². The average molecular weight is 283 g/mol. The number of ether oxygens (including phenoxy) is 1. The number of benzene rings is 2. The molecule has 0 aromatic heterocycles. The van der Waals surface area contributed by atoms with Crippen LogP contribution in [0.15, 0.2) is 36.4 Å². The van der Waals surface area contributed by atoms with E-state index in [2.05, 4.69) is 0 Å². The minimum Gasteiger partial charge on any atom is -0.456 e. The molecule has 4 heteroatoms. The minimum absolute atomic E-state index is 0.0929. The molecule has 0 spiro atoms. The fraction of sp³-hybridized carbons (Fsp3) is 0.143. The van der Waals surface area contributed by atoms with E-state index < -0.39 is 0 Å². The fourth-order valence-electron chi connectivity index (χ4n) is 1.54. The minimum atomic E-state index is -0.0929. The van der Waals surface area contributed by atoms with Crippen LogP contribution in [0, 0.1) is 6.92 Å². The van der Waals surface area contributed by atoms with Crippen LogP contribution in [0.2, 0.25) is 10.0 Å². The second-order valence-corrected chi connectivity index (χ2v) is 4.76. The Morgan fingerprint density at radius 1 is 1.06 bits per heavy atom. The highest BCUT2D eigenvalue weighted by atomic mass is 35.5. The van der Waals surface area contributed by atoms with E-state index >= 15 is 0 Å². The first-order valence-electron chi connectivity index (χ1n) is 5.43. The first-order chi connectivity index (χ1) is 8.60. The predicted octanol–water partition coefficient (Wildman–Crippen LogP) is 4.59. The molecule has 0 unspecified atom stereocenters. The summed E-state index contributed by atoms with van der Waals surface area (Å²) in [5, 5.41) is 10.0. The van der Waals surface area contributed by atoms with Crippen LogP contribution in [0.5, 0.6) is 11.5 Å². The van der Waals surface area contributed by atoms with E-state index in [1.807, 2.05) is 19.1 Å². The lowest BCUT2D eigenvalue weighted by molar-refractivity contribution is 0.282. The van der Waals surface area contributed by atoms with E-state index in [9.17, 15) is 0 Å². The molecular formula is C14H12Cl2O2. The average Bonchev–Trinajstić information content (AvgIpc) is 2.34. The summed E-state index contributed by atoms with van der Waals surface area (Å²) >= 11 is 12.0. The monoisotopic (exact) mass is 282 g/mol. The Hall–Kier alpha value is -1.22. The van der Waals surface area contributed by atoms with Gasteiger partial charge in [-0.2, -0.15) is 0 Å². The van der Waals surface area contributed by atoms with E-state index in [4.69, 9.17) is 33.0 Å². The van der Waals surface area contributed by atoms with Crippen LogP contribution in [0.4, 0.5) is 0 Å². The number of aliphatic hydroxyl groups is 1. The molecule has 0 aliphatic heterocycles. The standard InChI is InChI=1S/C14H12Cl2O2/c1-9-2-5-12(15)14(6-9)18-11-4-3-10(8-17)13(16)7-11/h2-7,17H,8H2,1H3. The summed E-state index contributed by atoms with van der Waals surface area (Å²) in [6, 6.07) is 10.7. The molecule has 2 rings (SSSR count). The lowest BCUT2D eigenvalue weighted by Crippen LogP contribution is -1.89. The van der Waals surface area contributed by atoms with Gasteiger partial charge in [0.05, 0.1) is 11.6 Å². The van der Waals surface area contributed by atoms with Crippen molar-refractivity contribution in [2.45, 2.75) is 13.5 Å². The summed E-state index contributed by atoms with van der Waals surface area (Å²) in [5.74, 6) is 1.18. The Kier molecular flexibility index (Phi) is 4.12. The van der Waals surface area contributed by atoms with Gasteiger partial charge in [0, 0.05) is 5.02 Å². The summed E-state index contributed by atoms with van der Waals surface area (Å²) < 4.78 is 5.67. The van der Waals surface area contributed by atoms with E-state index in [0.717, 1.165) is 5.56 Å². The molecule has 0 bridgehead atoms. The molecule has 18 heavy (non-hydrogen) atoms. The number of rotatable bonds is 3. The van der Waals surface area contributed by atoms with Gasteiger partial charge in [-0.1, -0.05) is 35.3 Å². The smallest absolute Gasteiger partial charge is 0.146 e. The van der Waals surface area contributed by atoms with Crippen LogP contribution in [0.1, 0.15) is 11.1 Å². The van der Waals surface area contributed by atoms with Crippen LogP contribution >= 0.6 is 23.2 Å². The first kappa shape index (κ1) is 13.2. The summed E-state index contributed by atoms with van der Waals surface area (Å²) in [6.45, 7) is 1.87. The van der Waals surface area contributed by atoms with Crippen LogP contribution in [0.3, 0.4) is 0 Å². The fourth-order valence-corrected chi connectivity index (χ4v) is 1.92. The Balaban J connectivity index is 2.28. The third-order valence-electron chi connectivity index (χ3n) is 2.51. The first-order valence-corrected chi connectivity index (χ1v) is 6.19. The highest BCUT2D eigenvalue weighted by Gasteiger charge is 2.06. The van der Waals surface area contributed by atoms with Gasteiger partial charge < -0.3 is 9.84 Å². The third kappa shape index (κ3) is 2.96. The predicted molar refractivity (Wildman–Crippen MR) is 73.6 cm³/mol. The quantitative estimate of drug-likeness (QED) is 0.893. The molecule has 2 nitrogen and oxygen atoms in total. The lowest BCUT2D eigenvalue weighted by Gasteiger charge is -2.09. The van der Waals surface area contributed by atoms with Crippen molar-refractivity contribution in [2.24, 2.45) is 0 Å². The molecule has 0 saturated carbocycles. The number of hydrogen-bond donors (Lipinski definition) is 1. The van der Waals surface area contributed by atoms with Gasteiger partial charge in [-0.25, -0.2) is 0 Å². The van der Waals surface area contributed by atoms with Crippen molar-refractivity contribution >= 4 is 23.2 Å². The molecule has 0 saturated heterocycles. The number of hydrogen-bond acceptors (Lipinski definition) is 2. The Labute approximate surface area is 116 Å². The molecule has 0 heterocycles. The van der Waals surface area contributed by atoms with Crippen molar-refractivity contribution in [2.75, 3.05) is 0 Å². The van der Waals surface area contributed by atoms with Crippen molar-refractivity contribution in [3.8, 4) is 11.5 Å². The number of aliphatic hydroxyl groups excluding tert-OH is 1. The molecule has 0 radical (unpaired) electrons. The Morgan fingerprint density at radius 3 is 2.50 bits per heavy atom. The molecule has 2 aromatic carbocycles. The summed E-state index contributed by atoms with van der Waals surface area (Å²) in [7, 11) is 0. The van der Waals surface area contributed by atoms with Crippen LogP contribution in [-0.2, 0) is 6.61 Å². The van der Waals surface area contributed by atoms with E-state index in [-0.39, 0.29) is 6.61 Å². The van der Waals surface area contributed by atoms with Gasteiger partial charge in [-0.05, 0) is 42.3 Å². The molecule has 0 fully saturated rings. The Bertz CT molecular complexity index is 568. The summed E-state index contributed by atoms with van der Waals surface area (Å²) in [6.07, 6.45) is 0. The van der Waals surface area contributed by atoms with E-state index in [0.29, 0.717) is 27.1 Å². The van der Waals surface area contributed by atoms with Crippen LogP contribution < -0.4 is 4.74 Å². The summed E-state index contributed by atoms with van der Waals surface area (Å²) in [4.78, 5) is 0. The van der Waals surface area contributed by atoms with Gasteiger partial charge >= 0.3 is 0 Å². The van der Waals surface area contributed by atoms with Gasteiger partial charge in [0.25, 0.3) is 0 Å². The van der Waals surface area contributed by atoms with E-state index in [1.165, 1.54) is 0 Å². The number of halogens is 2. The van der Waals surface area contributed by atoms with Gasteiger partial charge in [0.15, 0.2) is 0 Å². The van der Waals surface area contributed by atoms with Gasteiger partial charge in [-0.15, -0.1) is 0 Å². The van der Waals surface area contributed by atoms with Gasteiger partial charge in [0.1, 0.15) is 11.5 Å². The van der Waals surface area contributed by atoms with Crippen molar-refractivity contribution in [3.05, 3.63) is 57.6 Å². The third-order valence-corrected chi connectivity index (χ3v) is 3.17. The molecule has 0 aliphatic carbocycles. The summed E-state index contributed by atoms with van der Waals surface area (Å²) in [5.41, 5.74) is 1.73. The highest BCUT2D eigenvalue weighted by Crippen LogP contribution is 2.32. The second kappa shape index (κ2) is 5.61. The van der Waals surface area contributed by atoms with Gasteiger partial charge in [-0.3, -0.25) is 0 Å². The van der Waals surface area contributed by atoms with E-state index in [1.54, 1.807) is 24.3 Å². The molecule has 1 N–H and O–H groups in total. The molecule has 0 aliphatic rings. The normalized spacial score (nSPS) is 10.4. The Morgan fingerprint density at radius 2 is 1.83 bits per heavy atom. The molecule has 2 aromatic rings. The largest absolute Gasteiger partial charge is 0.456 e. The zero-order valence-electron chi connectivity index (χ0n) is 9.78.